The van der Waals surface area contributed by atoms with Crippen molar-refractivity contribution in [1.82, 2.24) is 0 Å². The van der Waals surface area contributed by atoms with Crippen LogP contribution in [-0.4, -0.2) is 22.7 Å². The van der Waals surface area contributed by atoms with Gasteiger partial charge in [-0.2, -0.15) is 0 Å². The number of halogens is 1. The van der Waals surface area contributed by atoms with Crippen molar-refractivity contribution in [3.63, 3.8) is 0 Å². The zero-order chi connectivity index (χ0) is 15.3. The molecule has 0 amide bonds. The van der Waals surface area contributed by atoms with Gasteiger partial charge in [-0.15, -0.1) is 0 Å². The molecule has 1 aromatic carbocycles. The lowest BCUT2D eigenvalue weighted by Gasteiger charge is -2.24. The van der Waals surface area contributed by atoms with E-state index in [1.54, 1.807) is 45.0 Å². The van der Waals surface area contributed by atoms with E-state index in [9.17, 15) is 9.90 Å². The van der Waals surface area contributed by atoms with Crippen molar-refractivity contribution in [3.8, 4) is 0 Å². The van der Waals surface area contributed by atoms with Crippen LogP contribution in [0.2, 0.25) is 0 Å². The van der Waals surface area contributed by atoms with Gasteiger partial charge in [-0.05, 0) is 37.9 Å². The Morgan fingerprint density at radius 2 is 2.05 bits per heavy atom. The number of carbonyl (C=O) groups is 1. The van der Waals surface area contributed by atoms with Gasteiger partial charge >= 0.3 is 5.97 Å². The van der Waals surface area contributed by atoms with Gasteiger partial charge in [0.2, 0.25) is 0 Å². The number of azide groups is 1. The highest BCUT2D eigenvalue weighted by Gasteiger charge is 2.32. The van der Waals surface area contributed by atoms with Crippen LogP contribution in [0.3, 0.4) is 0 Å². The smallest absolute Gasteiger partial charge is 0.318 e. The summed E-state index contributed by atoms with van der Waals surface area (Å²) in [5, 5.41) is 13.6. The third-order valence-corrected chi connectivity index (χ3v) is 3.07. The highest BCUT2D eigenvalue weighted by Crippen LogP contribution is 2.28. The van der Waals surface area contributed by atoms with Gasteiger partial charge in [0.15, 0.2) is 6.04 Å². The number of aliphatic hydroxyl groups excluding tert-OH is 1. The van der Waals surface area contributed by atoms with E-state index in [4.69, 9.17) is 10.3 Å². The van der Waals surface area contributed by atoms with E-state index in [0.717, 1.165) is 0 Å². The second-order valence-electron chi connectivity index (χ2n) is 5.15. The second-order valence-corrected chi connectivity index (χ2v) is 6.00. The van der Waals surface area contributed by atoms with Crippen LogP contribution in [0.25, 0.3) is 10.4 Å². The van der Waals surface area contributed by atoms with Gasteiger partial charge in [-0.3, -0.25) is 4.79 Å². The lowest BCUT2D eigenvalue weighted by atomic mass is 10.0. The number of benzene rings is 1. The van der Waals surface area contributed by atoms with Crippen LogP contribution < -0.4 is 0 Å². The SMILES string of the molecule is CC(C)(C)OC(=O)[C@H](N=[N+]=[N-])[C@H](O)c1ccccc1Br. The summed E-state index contributed by atoms with van der Waals surface area (Å²) in [5.74, 6) is -0.765. The van der Waals surface area contributed by atoms with Crippen molar-refractivity contribution in [2.24, 2.45) is 5.11 Å². The van der Waals surface area contributed by atoms with Crippen LogP contribution in [0.15, 0.2) is 33.9 Å². The van der Waals surface area contributed by atoms with Gasteiger partial charge in [-0.25, -0.2) is 0 Å². The second kappa shape index (κ2) is 6.74. The zero-order valence-electron chi connectivity index (χ0n) is 11.4. The third-order valence-electron chi connectivity index (χ3n) is 2.35. The predicted molar refractivity (Wildman–Crippen MR) is 77.9 cm³/mol. The third kappa shape index (κ3) is 4.52. The van der Waals surface area contributed by atoms with Crippen molar-refractivity contribution in [2.75, 3.05) is 0 Å². The van der Waals surface area contributed by atoms with Crippen LogP contribution in [0.1, 0.15) is 32.4 Å². The fourth-order valence-corrected chi connectivity index (χ4v) is 2.06. The van der Waals surface area contributed by atoms with E-state index in [0.29, 0.717) is 10.0 Å². The molecule has 0 radical (unpaired) electrons. The molecule has 0 bridgehead atoms. The summed E-state index contributed by atoms with van der Waals surface area (Å²) in [7, 11) is 0. The summed E-state index contributed by atoms with van der Waals surface area (Å²) in [6.07, 6.45) is -1.28. The van der Waals surface area contributed by atoms with Gasteiger partial charge in [0.05, 0.1) is 6.10 Å². The largest absolute Gasteiger partial charge is 0.460 e. The standard InChI is InChI=1S/C13H16BrN3O3/c1-13(2,3)20-12(19)10(16-17-15)11(18)8-6-4-5-7-9(8)14/h4-7,10-11,18H,1-3H3/t10-,11-/m1/s1. The molecular weight excluding hydrogens is 326 g/mol. The number of hydrogen-bond donors (Lipinski definition) is 1. The minimum Gasteiger partial charge on any atom is -0.460 e. The van der Waals surface area contributed by atoms with E-state index in [1.807, 2.05) is 0 Å². The van der Waals surface area contributed by atoms with Crippen LogP contribution in [0.4, 0.5) is 0 Å². The summed E-state index contributed by atoms with van der Waals surface area (Å²) in [6.45, 7) is 5.09. The van der Waals surface area contributed by atoms with Gasteiger partial charge in [0, 0.05) is 9.38 Å². The van der Waals surface area contributed by atoms with Gasteiger partial charge < -0.3 is 9.84 Å². The summed E-state index contributed by atoms with van der Waals surface area (Å²) < 4.78 is 5.78. The van der Waals surface area contributed by atoms with Crippen LogP contribution in [0.5, 0.6) is 0 Å². The summed E-state index contributed by atoms with van der Waals surface area (Å²) >= 11 is 3.28. The molecule has 1 aromatic rings. The summed E-state index contributed by atoms with van der Waals surface area (Å²) in [5.41, 5.74) is 8.30. The van der Waals surface area contributed by atoms with Crippen molar-refractivity contribution in [3.05, 3.63) is 44.7 Å². The van der Waals surface area contributed by atoms with E-state index in [1.165, 1.54) is 0 Å². The minimum absolute atomic E-state index is 0.454. The Labute approximate surface area is 125 Å². The van der Waals surface area contributed by atoms with E-state index >= 15 is 0 Å². The first-order valence-electron chi connectivity index (χ1n) is 5.96. The van der Waals surface area contributed by atoms with Crippen LogP contribution in [-0.2, 0) is 9.53 Å². The first-order chi connectivity index (χ1) is 9.26. The summed E-state index contributed by atoms with van der Waals surface area (Å²) in [4.78, 5) is 14.6. The Morgan fingerprint density at radius 3 is 2.55 bits per heavy atom. The molecule has 0 spiro atoms. The molecule has 2 atom stereocenters. The van der Waals surface area contributed by atoms with Crippen molar-refractivity contribution < 1.29 is 14.6 Å². The number of rotatable bonds is 4. The molecular formula is C13H16BrN3O3. The van der Waals surface area contributed by atoms with E-state index < -0.39 is 23.7 Å². The van der Waals surface area contributed by atoms with Gasteiger partial charge in [-0.1, -0.05) is 39.2 Å². The molecule has 1 N–H and O–H groups in total. The molecule has 0 aliphatic rings. The molecule has 7 heteroatoms. The number of nitrogens with zero attached hydrogens (tertiary/aromatic N) is 3. The van der Waals surface area contributed by atoms with Crippen molar-refractivity contribution >= 4 is 21.9 Å². The molecule has 0 fully saturated rings. The average Bonchev–Trinajstić information content (AvgIpc) is 2.33. The van der Waals surface area contributed by atoms with Crippen molar-refractivity contribution in [1.29, 1.82) is 0 Å². The highest BCUT2D eigenvalue weighted by molar-refractivity contribution is 9.10. The Balaban J connectivity index is 3.05. The quantitative estimate of drug-likeness (QED) is 0.392. The predicted octanol–water partition coefficient (Wildman–Crippen LogP) is 3.50. The molecule has 0 heterocycles. The monoisotopic (exact) mass is 341 g/mol. The lowest BCUT2D eigenvalue weighted by Crippen LogP contribution is -2.34. The summed E-state index contributed by atoms with van der Waals surface area (Å²) in [6, 6.07) is 5.51. The zero-order valence-corrected chi connectivity index (χ0v) is 13.0. The molecule has 1 rings (SSSR count). The number of ether oxygens (including phenoxy) is 1. The first kappa shape index (κ1) is 16.5. The number of hydrogen-bond acceptors (Lipinski definition) is 4. The first-order valence-corrected chi connectivity index (χ1v) is 6.75. The maximum absolute atomic E-state index is 12.0. The molecule has 20 heavy (non-hydrogen) atoms. The van der Waals surface area contributed by atoms with Crippen LogP contribution >= 0.6 is 15.9 Å². The molecule has 0 aromatic heterocycles. The minimum atomic E-state index is -1.34. The number of esters is 1. The van der Waals surface area contributed by atoms with E-state index in [-0.39, 0.29) is 0 Å². The Hall–Kier alpha value is -1.56. The maximum Gasteiger partial charge on any atom is 0.318 e. The Kier molecular flexibility index (Phi) is 5.56. The normalized spacial score (nSPS) is 14.1. The average molecular weight is 342 g/mol. The number of aliphatic hydroxyl groups is 1. The number of carbonyl (C=O) groups excluding carboxylic acids is 1. The fourth-order valence-electron chi connectivity index (χ4n) is 1.54. The highest BCUT2D eigenvalue weighted by atomic mass is 79.9. The molecule has 0 saturated heterocycles. The molecule has 0 aliphatic heterocycles. The molecule has 0 unspecified atom stereocenters. The maximum atomic E-state index is 12.0. The lowest BCUT2D eigenvalue weighted by molar-refractivity contribution is -0.159. The van der Waals surface area contributed by atoms with E-state index in [2.05, 4.69) is 26.0 Å². The Morgan fingerprint density at radius 1 is 1.45 bits per heavy atom. The topological polar surface area (TPSA) is 95.3 Å². The molecule has 6 nitrogen and oxygen atoms in total. The van der Waals surface area contributed by atoms with Crippen LogP contribution in [0, 0.1) is 0 Å². The molecule has 108 valence electrons. The fraction of sp³-hybridized carbons (Fsp3) is 0.462. The molecule has 0 saturated carbocycles. The Bertz CT molecular complexity index is 536. The van der Waals surface area contributed by atoms with Gasteiger partial charge in [0.25, 0.3) is 0 Å². The molecule has 0 aliphatic carbocycles. The van der Waals surface area contributed by atoms with Crippen molar-refractivity contribution in [2.45, 2.75) is 38.5 Å². The van der Waals surface area contributed by atoms with Gasteiger partial charge in [0.1, 0.15) is 5.60 Å².